The Hall–Kier alpha value is -0.380. The molecule has 3 nitrogen and oxygen atoms in total. The van der Waals surface area contributed by atoms with Gasteiger partial charge in [-0.3, -0.25) is 0 Å². The van der Waals surface area contributed by atoms with E-state index < -0.39 is 16.8 Å². The molecule has 2 rings (SSSR count). The molecule has 0 saturated carbocycles. The number of fused-ring (bicyclic) bond motifs is 1. The van der Waals surface area contributed by atoms with Crippen molar-refractivity contribution in [2.45, 2.75) is 57.3 Å². The van der Waals surface area contributed by atoms with Crippen molar-refractivity contribution in [2.75, 3.05) is 6.61 Å². The van der Waals surface area contributed by atoms with Gasteiger partial charge in [-0.2, -0.15) is 0 Å². The summed E-state index contributed by atoms with van der Waals surface area (Å²) in [6.07, 6.45) is 1.34. The van der Waals surface area contributed by atoms with Gasteiger partial charge < -0.3 is 14.9 Å². The monoisotopic (exact) mass is 212 g/mol. The highest BCUT2D eigenvalue weighted by Gasteiger charge is 2.73. The van der Waals surface area contributed by atoms with E-state index in [1.807, 2.05) is 27.7 Å². The molecule has 0 spiro atoms. The van der Waals surface area contributed by atoms with Gasteiger partial charge in [-0.1, -0.05) is 13.8 Å². The minimum atomic E-state index is -1.00. The molecule has 1 fully saturated rings. The Morgan fingerprint density at radius 3 is 2.27 bits per heavy atom. The SMILES string of the molecule is CCC1=C(C)[C@]2(O)CO[C@]2(C)[C@]1(O)CC. The van der Waals surface area contributed by atoms with Crippen LogP contribution in [0.15, 0.2) is 11.1 Å². The van der Waals surface area contributed by atoms with Gasteiger partial charge in [0.15, 0.2) is 0 Å². The Bertz CT molecular complexity index is 336. The minimum absolute atomic E-state index is 0.307. The van der Waals surface area contributed by atoms with Gasteiger partial charge in [0.1, 0.15) is 16.8 Å². The van der Waals surface area contributed by atoms with E-state index in [1.165, 1.54) is 0 Å². The Labute approximate surface area is 90.8 Å². The second-order valence-corrected chi connectivity index (χ2v) is 4.85. The van der Waals surface area contributed by atoms with Crippen LogP contribution in [-0.2, 0) is 4.74 Å². The van der Waals surface area contributed by atoms with Gasteiger partial charge >= 0.3 is 0 Å². The topological polar surface area (TPSA) is 49.7 Å². The van der Waals surface area contributed by atoms with Crippen LogP contribution >= 0.6 is 0 Å². The lowest BCUT2D eigenvalue weighted by Gasteiger charge is -2.56. The molecule has 1 heterocycles. The van der Waals surface area contributed by atoms with Crippen LogP contribution in [0.4, 0.5) is 0 Å². The number of ether oxygens (including phenoxy) is 1. The first kappa shape index (κ1) is 11.1. The van der Waals surface area contributed by atoms with Gasteiger partial charge in [-0.25, -0.2) is 0 Å². The fraction of sp³-hybridized carbons (Fsp3) is 0.833. The molecule has 15 heavy (non-hydrogen) atoms. The highest BCUT2D eigenvalue weighted by atomic mass is 16.6. The molecule has 3 heteroatoms. The minimum Gasteiger partial charge on any atom is -0.382 e. The second-order valence-electron chi connectivity index (χ2n) is 4.85. The van der Waals surface area contributed by atoms with Crippen LogP contribution in [0.2, 0.25) is 0 Å². The molecule has 3 atom stereocenters. The zero-order chi connectivity index (χ0) is 11.5. The summed E-state index contributed by atoms with van der Waals surface area (Å²) in [5, 5.41) is 21.2. The van der Waals surface area contributed by atoms with Crippen LogP contribution in [0.5, 0.6) is 0 Å². The fourth-order valence-corrected chi connectivity index (χ4v) is 3.31. The van der Waals surface area contributed by atoms with Gasteiger partial charge in [0.25, 0.3) is 0 Å². The van der Waals surface area contributed by atoms with Crippen molar-refractivity contribution in [3.63, 3.8) is 0 Å². The predicted octanol–water partition coefficient (Wildman–Crippen LogP) is 1.39. The maximum Gasteiger partial charge on any atom is 0.141 e. The van der Waals surface area contributed by atoms with Crippen molar-refractivity contribution in [3.8, 4) is 0 Å². The molecule has 0 aromatic heterocycles. The van der Waals surface area contributed by atoms with E-state index in [2.05, 4.69) is 0 Å². The highest BCUT2D eigenvalue weighted by Crippen LogP contribution is 2.59. The zero-order valence-corrected chi connectivity index (χ0v) is 9.92. The zero-order valence-electron chi connectivity index (χ0n) is 9.92. The average Bonchev–Trinajstić information content (AvgIpc) is 2.31. The summed E-state index contributed by atoms with van der Waals surface area (Å²) < 4.78 is 5.51. The van der Waals surface area contributed by atoms with Crippen LogP contribution in [0.3, 0.4) is 0 Å². The average molecular weight is 212 g/mol. The van der Waals surface area contributed by atoms with E-state index >= 15 is 0 Å². The van der Waals surface area contributed by atoms with Crippen LogP contribution in [0.25, 0.3) is 0 Å². The largest absolute Gasteiger partial charge is 0.382 e. The third-order valence-electron chi connectivity index (χ3n) is 4.59. The van der Waals surface area contributed by atoms with Crippen LogP contribution in [0, 0.1) is 0 Å². The Morgan fingerprint density at radius 2 is 1.93 bits per heavy atom. The molecule has 86 valence electrons. The molecule has 0 bridgehead atoms. The third-order valence-corrected chi connectivity index (χ3v) is 4.59. The Morgan fingerprint density at radius 1 is 1.33 bits per heavy atom. The molecule has 0 aromatic rings. The lowest BCUT2D eigenvalue weighted by atomic mass is 9.70. The highest BCUT2D eigenvalue weighted by molar-refractivity contribution is 5.48. The molecule has 1 aliphatic heterocycles. The standard InChI is InChI=1S/C12H20O3/c1-5-9-8(3)12(14)7-15-10(12,4)11(9,13)6-2/h13-14H,5-7H2,1-4H3/t10-,11+,12-/m1/s1. The smallest absolute Gasteiger partial charge is 0.141 e. The van der Waals surface area contributed by atoms with Crippen molar-refractivity contribution in [1.82, 2.24) is 0 Å². The summed E-state index contributed by atoms with van der Waals surface area (Å²) >= 11 is 0. The molecule has 0 amide bonds. The van der Waals surface area contributed by atoms with E-state index in [-0.39, 0.29) is 0 Å². The number of hydrogen-bond donors (Lipinski definition) is 2. The molecular formula is C12H20O3. The van der Waals surface area contributed by atoms with E-state index in [4.69, 9.17) is 4.74 Å². The second kappa shape index (κ2) is 2.84. The molecular weight excluding hydrogens is 192 g/mol. The van der Waals surface area contributed by atoms with Gasteiger partial charge in [-0.05, 0) is 37.8 Å². The first-order valence-corrected chi connectivity index (χ1v) is 5.66. The summed E-state index contributed by atoms with van der Waals surface area (Å²) in [6.45, 7) is 7.97. The number of aliphatic hydroxyl groups is 2. The number of hydrogen-bond acceptors (Lipinski definition) is 3. The van der Waals surface area contributed by atoms with Gasteiger partial charge in [0, 0.05) is 0 Å². The van der Waals surface area contributed by atoms with Crippen LogP contribution in [0.1, 0.15) is 40.5 Å². The van der Waals surface area contributed by atoms with Gasteiger partial charge in [0.05, 0.1) is 6.61 Å². The summed E-state index contributed by atoms with van der Waals surface area (Å²) in [7, 11) is 0. The lowest BCUT2D eigenvalue weighted by Crippen LogP contribution is -2.73. The molecule has 0 unspecified atom stereocenters. The maximum absolute atomic E-state index is 10.7. The van der Waals surface area contributed by atoms with Crippen molar-refractivity contribution >= 4 is 0 Å². The van der Waals surface area contributed by atoms with Crippen LogP contribution in [-0.4, -0.2) is 33.6 Å². The van der Waals surface area contributed by atoms with Crippen molar-refractivity contribution < 1.29 is 14.9 Å². The fourth-order valence-electron chi connectivity index (χ4n) is 3.31. The van der Waals surface area contributed by atoms with Gasteiger partial charge in [-0.15, -0.1) is 0 Å². The molecule has 1 saturated heterocycles. The summed E-state index contributed by atoms with van der Waals surface area (Å²) in [5.41, 5.74) is -0.942. The molecule has 2 aliphatic rings. The maximum atomic E-state index is 10.7. The summed E-state index contributed by atoms with van der Waals surface area (Å²) in [4.78, 5) is 0. The summed E-state index contributed by atoms with van der Waals surface area (Å²) in [5.74, 6) is 0. The quantitative estimate of drug-likeness (QED) is 0.680. The molecule has 0 radical (unpaired) electrons. The molecule has 1 aliphatic carbocycles. The first-order chi connectivity index (χ1) is 6.87. The lowest BCUT2D eigenvalue weighted by molar-refractivity contribution is -0.320. The van der Waals surface area contributed by atoms with E-state index in [0.29, 0.717) is 13.0 Å². The molecule has 0 aromatic carbocycles. The first-order valence-electron chi connectivity index (χ1n) is 5.66. The van der Waals surface area contributed by atoms with Crippen molar-refractivity contribution in [1.29, 1.82) is 0 Å². The van der Waals surface area contributed by atoms with Crippen LogP contribution < -0.4 is 0 Å². The Balaban J connectivity index is 2.58. The van der Waals surface area contributed by atoms with E-state index in [9.17, 15) is 10.2 Å². The summed E-state index contributed by atoms with van der Waals surface area (Å²) in [6, 6.07) is 0. The van der Waals surface area contributed by atoms with Crippen molar-refractivity contribution in [3.05, 3.63) is 11.1 Å². The van der Waals surface area contributed by atoms with E-state index in [0.717, 1.165) is 17.6 Å². The Kier molecular flexibility index (Phi) is 2.11. The van der Waals surface area contributed by atoms with E-state index in [1.54, 1.807) is 0 Å². The predicted molar refractivity (Wildman–Crippen MR) is 57.5 cm³/mol. The number of rotatable bonds is 2. The van der Waals surface area contributed by atoms with Crippen molar-refractivity contribution in [2.24, 2.45) is 0 Å². The third kappa shape index (κ3) is 0.884. The van der Waals surface area contributed by atoms with Gasteiger partial charge in [0.2, 0.25) is 0 Å². The molecule has 2 N–H and O–H groups in total. The normalized spacial score (nSPS) is 49.2.